The van der Waals surface area contributed by atoms with Gasteiger partial charge < -0.3 is 14.5 Å². The van der Waals surface area contributed by atoms with E-state index in [1.165, 1.54) is 12.8 Å². The first-order chi connectivity index (χ1) is 7.37. The molecule has 6 heteroatoms. The van der Waals surface area contributed by atoms with Crippen LogP contribution >= 0.6 is 7.60 Å². The lowest BCUT2D eigenvalue weighted by Gasteiger charge is -2.04. The number of carbonyl (C=O) groups excluding carboxylic acids is 1. The maximum atomic E-state index is 10.6. The van der Waals surface area contributed by atoms with Gasteiger partial charge in [-0.1, -0.05) is 40.0 Å². The largest absolute Gasteiger partial charge is 0.465 e. The van der Waals surface area contributed by atoms with E-state index < -0.39 is 19.7 Å². The van der Waals surface area contributed by atoms with Gasteiger partial charge in [0, 0.05) is 0 Å². The van der Waals surface area contributed by atoms with E-state index in [0.717, 1.165) is 6.42 Å². The Balaban J connectivity index is 0. The van der Waals surface area contributed by atoms with E-state index >= 15 is 0 Å². The topological polar surface area (TPSA) is 83.8 Å². The summed E-state index contributed by atoms with van der Waals surface area (Å²) in [5.41, 5.74) is 0. The molecule has 98 valence electrons. The Hall–Kier alpha value is -0.380. The lowest BCUT2D eigenvalue weighted by molar-refractivity contribution is -0.140. The van der Waals surface area contributed by atoms with E-state index in [-0.39, 0.29) is 6.61 Å². The molecule has 0 spiro atoms. The molecule has 0 saturated heterocycles. The maximum absolute atomic E-state index is 10.6. The zero-order valence-electron chi connectivity index (χ0n) is 10.3. The zero-order chi connectivity index (χ0) is 13.0. The van der Waals surface area contributed by atoms with Crippen molar-refractivity contribution < 1.29 is 23.9 Å². The van der Waals surface area contributed by atoms with Crippen molar-refractivity contribution in [1.82, 2.24) is 0 Å². The molecule has 0 bridgehead atoms. The molecule has 16 heavy (non-hydrogen) atoms. The van der Waals surface area contributed by atoms with Gasteiger partial charge in [-0.15, -0.1) is 0 Å². The first kappa shape index (κ1) is 18.0. The SMILES string of the molecule is CCCC.CCCCOC(=O)CP(=O)(O)O. The molecule has 0 heterocycles. The molecular formula is C10H23O5P. The van der Waals surface area contributed by atoms with E-state index in [1.807, 2.05) is 6.92 Å². The highest BCUT2D eigenvalue weighted by atomic mass is 31.2. The van der Waals surface area contributed by atoms with Crippen LogP contribution in [0.3, 0.4) is 0 Å². The minimum Gasteiger partial charge on any atom is -0.465 e. The predicted molar refractivity (Wildman–Crippen MR) is 63.4 cm³/mol. The van der Waals surface area contributed by atoms with Crippen molar-refractivity contribution in [1.29, 1.82) is 0 Å². The van der Waals surface area contributed by atoms with Crippen molar-refractivity contribution in [2.75, 3.05) is 12.8 Å². The van der Waals surface area contributed by atoms with E-state index in [1.54, 1.807) is 0 Å². The van der Waals surface area contributed by atoms with E-state index in [0.29, 0.717) is 6.42 Å². The van der Waals surface area contributed by atoms with Crippen molar-refractivity contribution in [3.05, 3.63) is 0 Å². The Morgan fingerprint density at radius 2 is 1.62 bits per heavy atom. The fourth-order valence-corrected chi connectivity index (χ4v) is 0.972. The van der Waals surface area contributed by atoms with Gasteiger partial charge in [0.2, 0.25) is 0 Å². The molecule has 0 aromatic heterocycles. The third-order valence-electron chi connectivity index (χ3n) is 1.60. The number of esters is 1. The first-order valence-electron chi connectivity index (χ1n) is 5.57. The Bertz CT molecular complexity index is 209. The average molecular weight is 254 g/mol. The normalized spacial score (nSPS) is 10.3. The summed E-state index contributed by atoms with van der Waals surface area (Å²) in [4.78, 5) is 27.3. The molecule has 0 saturated carbocycles. The number of carbonyl (C=O) groups is 1. The molecule has 0 radical (unpaired) electrons. The quantitative estimate of drug-likeness (QED) is 0.431. The highest BCUT2D eigenvalue weighted by Gasteiger charge is 2.19. The molecule has 0 atom stereocenters. The number of rotatable bonds is 6. The van der Waals surface area contributed by atoms with Gasteiger partial charge >= 0.3 is 13.6 Å². The fraction of sp³-hybridized carbons (Fsp3) is 0.900. The number of ether oxygens (including phenoxy) is 1. The minimum atomic E-state index is -4.25. The van der Waals surface area contributed by atoms with Crippen molar-refractivity contribution in [2.45, 2.75) is 46.5 Å². The second kappa shape index (κ2) is 11.1. The fourth-order valence-electron chi connectivity index (χ4n) is 0.544. The minimum absolute atomic E-state index is 0.231. The molecule has 0 aliphatic rings. The van der Waals surface area contributed by atoms with Crippen molar-refractivity contribution >= 4 is 13.6 Å². The van der Waals surface area contributed by atoms with Crippen LogP contribution in [-0.2, 0) is 14.1 Å². The first-order valence-corrected chi connectivity index (χ1v) is 7.37. The number of hydrogen-bond acceptors (Lipinski definition) is 3. The summed E-state index contributed by atoms with van der Waals surface area (Å²) in [6.45, 7) is 6.52. The van der Waals surface area contributed by atoms with E-state index in [2.05, 4.69) is 18.6 Å². The van der Waals surface area contributed by atoms with Crippen molar-refractivity contribution in [3.8, 4) is 0 Å². The van der Waals surface area contributed by atoms with Crippen LogP contribution in [0.1, 0.15) is 46.5 Å². The molecule has 0 aromatic carbocycles. The van der Waals surface area contributed by atoms with Gasteiger partial charge in [0.05, 0.1) is 6.61 Å². The van der Waals surface area contributed by atoms with Crippen LogP contribution < -0.4 is 0 Å². The average Bonchev–Trinajstić information content (AvgIpc) is 2.16. The highest BCUT2D eigenvalue weighted by molar-refractivity contribution is 7.52. The monoisotopic (exact) mass is 254 g/mol. The Morgan fingerprint density at radius 1 is 1.12 bits per heavy atom. The van der Waals surface area contributed by atoms with Gasteiger partial charge in [-0.25, -0.2) is 0 Å². The Labute approximate surface area is 97.4 Å². The van der Waals surface area contributed by atoms with Crippen LogP contribution in [0.5, 0.6) is 0 Å². The smallest absolute Gasteiger partial charge is 0.336 e. The van der Waals surface area contributed by atoms with Crippen LogP contribution in [0.4, 0.5) is 0 Å². The maximum Gasteiger partial charge on any atom is 0.336 e. The highest BCUT2D eigenvalue weighted by Crippen LogP contribution is 2.33. The zero-order valence-corrected chi connectivity index (χ0v) is 11.2. The summed E-state index contributed by atoms with van der Waals surface area (Å²) < 4.78 is 14.8. The summed E-state index contributed by atoms with van der Waals surface area (Å²) in [7, 11) is -4.25. The third kappa shape index (κ3) is 19.2. The molecule has 0 aliphatic heterocycles. The Kier molecular flexibility index (Phi) is 12.5. The van der Waals surface area contributed by atoms with Crippen LogP contribution in [0.2, 0.25) is 0 Å². The number of unbranched alkanes of at least 4 members (excludes halogenated alkanes) is 2. The Morgan fingerprint density at radius 3 is 1.94 bits per heavy atom. The molecule has 0 unspecified atom stereocenters. The molecular weight excluding hydrogens is 231 g/mol. The van der Waals surface area contributed by atoms with Crippen LogP contribution in [-0.4, -0.2) is 28.5 Å². The molecule has 0 aliphatic carbocycles. The summed E-state index contributed by atoms with van der Waals surface area (Å²) in [5, 5.41) is 0. The lowest BCUT2D eigenvalue weighted by Crippen LogP contribution is -2.10. The third-order valence-corrected chi connectivity index (χ3v) is 2.27. The molecule has 0 aromatic rings. The van der Waals surface area contributed by atoms with Gasteiger partial charge in [-0.3, -0.25) is 9.36 Å². The van der Waals surface area contributed by atoms with Gasteiger partial charge in [-0.2, -0.15) is 0 Å². The van der Waals surface area contributed by atoms with Crippen LogP contribution in [0, 0.1) is 0 Å². The second-order valence-corrected chi connectivity index (χ2v) is 5.04. The number of hydrogen-bond donors (Lipinski definition) is 2. The van der Waals surface area contributed by atoms with Crippen LogP contribution in [0.25, 0.3) is 0 Å². The van der Waals surface area contributed by atoms with E-state index in [4.69, 9.17) is 9.79 Å². The predicted octanol–water partition coefficient (Wildman–Crippen LogP) is 2.31. The van der Waals surface area contributed by atoms with E-state index in [9.17, 15) is 9.36 Å². The summed E-state index contributed by atoms with van der Waals surface area (Å²) >= 11 is 0. The van der Waals surface area contributed by atoms with Crippen molar-refractivity contribution in [3.63, 3.8) is 0 Å². The summed E-state index contributed by atoms with van der Waals surface area (Å²) in [6, 6.07) is 0. The van der Waals surface area contributed by atoms with Gasteiger partial charge in [0.1, 0.15) is 6.16 Å². The lowest BCUT2D eigenvalue weighted by atomic mass is 10.4. The van der Waals surface area contributed by atoms with Gasteiger partial charge in [0.15, 0.2) is 0 Å². The molecule has 5 nitrogen and oxygen atoms in total. The molecule has 0 rings (SSSR count). The van der Waals surface area contributed by atoms with Gasteiger partial charge in [0.25, 0.3) is 0 Å². The summed E-state index contributed by atoms with van der Waals surface area (Å²) in [6.07, 6.45) is 3.41. The standard InChI is InChI=1S/C6H13O5P.C4H10/c1-2-3-4-11-6(7)5-12(8,9)10;1-3-4-2/h2-5H2,1H3,(H2,8,9,10);3-4H2,1-2H3. The molecule has 0 fully saturated rings. The van der Waals surface area contributed by atoms with Gasteiger partial charge in [-0.05, 0) is 6.42 Å². The molecule has 0 amide bonds. The van der Waals surface area contributed by atoms with Crippen molar-refractivity contribution in [2.24, 2.45) is 0 Å². The summed E-state index contributed by atoms with van der Waals surface area (Å²) in [5.74, 6) is -0.836. The van der Waals surface area contributed by atoms with Crippen LogP contribution in [0.15, 0.2) is 0 Å². The second-order valence-electron chi connectivity index (χ2n) is 3.40. The molecule has 2 N–H and O–H groups in total.